The van der Waals surface area contributed by atoms with Gasteiger partial charge >= 0.3 is 25.7 Å². The number of carbonyl (C=O) groups is 3. The number of carbonyl (C=O) groups excluding carboxylic acids is 3. The van der Waals surface area contributed by atoms with Crippen LogP contribution in [0.15, 0.2) is 122 Å². The van der Waals surface area contributed by atoms with Gasteiger partial charge < -0.3 is 24.2 Å². The van der Waals surface area contributed by atoms with Crippen LogP contribution in [0, 0.1) is 0 Å². The minimum absolute atomic E-state index is 0.139. The number of esters is 3. The summed E-state index contributed by atoms with van der Waals surface area (Å²) in [6.45, 7) is 4.45. The number of hydrogen-bond donors (Lipinski definition) is 2. The van der Waals surface area contributed by atoms with E-state index in [0.717, 1.165) is 135 Å². The molecule has 0 radical (unpaired) electrons. The first-order valence-electron chi connectivity index (χ1n) is 33.4. The highest BCUT2D eigenvalue weighted by atomic mass is 31.2. The van der Waals surface area contributed by atoms with Gasteiger partial charge in [0, 0.05) is 19.3 Å². The molecule has 0 spiro atoms. The van der Waals surface area contributed by atoms with Crippen LogP contribution in [0.2, 0.25) is 0 Å². The second-order valence-electron chi connectivity index (χ2n) is 21.9. The van der Waals surface area contributed by atoms with Gasteiger partial charge in [-0.05, 0) is 135 Å². The lowest BCUT2D eigenvalue weighted by molar-refractivity contribution is -0.161. The fourth-order valence-corrected chi connectivity index (χ4v) is 9.56. The Morgan fingerprint density at radius 3 is 0.964 bits per heavy atom. The van der Waals surface area contributed by atoms with E-state index in [1.165, 1.54) is 83.5 Å². The molecule has 0 aromatic heterocycles. The molecule has 0 aliphatic rings. The van der Waals surface area contributed by atoms with Crippen LogP contribution in [0.3, 0.4) is 0 Å². The number of hydrogen-bond acceptors (Lipinski definition) is 10. The molecule has 2 N–H and O–H groups in total. The molecule has 84 heavy (non-hydrogen) atoms. The smallest absolute Gasteiger partial charge is 0.462 e. The quantitative estimate of drug-likeness (QED) is 0.0197. The minimum atomic E-state index is -4.78. The van der Waals surface area contributed by atoms with Gasteiger partial charge in [0.05, 0.1) is 19.8 Å². The predicted octanol–water partition coefficient (Wildman–Crippen LogP) is 20.7. The van der Waals surface area contributed by atoms with Gasteiger partial charge in [-0.1, -0.05) is 245 Å². The Morgan fingerprint density at radius 2 is 0.619 bits per heavy atom. The summed E-state index contributed by atoms with van der Waals surface area (Å²) in [5.74, 6) is -1.52. The second kappa shape index (κ2) is 64.9. The van der Waals surface area contributed by atoms with E-state index in [1.54, 1.807) is 0 Å². The summed E-state index contributed by atoms with van der Waals surface area (Å²) < 4.78 is 39.7. The number of aliphatic hydroxyl groups is 1. The average Bonchev–Trinajstić information content (AvgIpc) is 3.55. The van der Waals surface area contributed by atoms with Gasteiger partial charge in [0.25, 0.3) is 0 Å². The van der Waals surface area contributed by atoms with Crippen LogP contribution in [0.25, 0.3) is 0 Å². The highest BCUT2D eigenvalue weighted by molar-refractivity contribution is 7.47. The Hall–Kier alpha value is -4.12. The first-order valence-corrected chi connectivity index (χ1v) is 34.9. The molecule has 12 heteroatoms. The SMILES string of the molecule is CC/C=C\C/C=C\C/C=C\C/C=C\C/C=C\CCCCCC(=O)OCC(COP(=O)(O)OCC(CO)OC(=O)CCCCCCCCCCC/C=C\C/C=C\CCCCC)OC(=O)CCCCCCCC/C=C\C/C=C\C/C=C\CCCCC. The van der Waals surface area contributed by atoms with Crippen LogP contribution in [0.1, 0.15) is 278 Å². The van der Waals surface area contributed by atoms with Crippen molar-refractivity contribution < 1.29 is 52.2 Å². The van der Waals surface area contributed by atoms with Gasteiger partial charge in [0.1, 0.15) is 12.7 Å². The summed E-state index contributed by atoms with van der Waals surface area (Å²) in [7, 11) is -4.78. The molecule has 11 nitrogen and oxygen atoms in total. The van der Waals surface area contributed by atoms with E-state index in [2.05, 4.69) is 142 Å². The molecule has 0 aliphatic carbocycles. The van der Waals surface area contributed by atoms with E-state index in [1.807, 2.05) is 0 Å². The summed E-state index contributed by atoms with van der Waals surface area (Å²) in [5.41, 5.74) is 0. The Balaban J connectivity index is 4.77. The topological polar surface area (TPSA) is 155 Å². The van der Waals surface area contributed by atoms with Crippen LogP contribution in [-0.2, 0) is 42.2 Å². The normalized spacial score (nSPS) is 14.0. The number of phosphoric acid groups is 1. The van der Waals surface area contributed by atoms with E-state index >= 15 is 0 Å². The zero-order chi connectivity index (χ0) is 61.2. The van der Waals surface area contributed by atoms with Crippen molar-refractivity contribution in [2.24, 2.45) is 0 Å². The van der Waals surface area contributed by atoms with Crippen LogP contribution < -0.4 is 0 Å². The molecule has 0 saturated heterocycles. The molecule has 0 aromatic carbocycles. The van der Waals surface area contributed by atoms with E-state index in [4.69, 9.17) is 23.3 Å². The molecule has 3 unspecified atom stereocenters. The van der Waals surface area contributed by atoms with Crippen molar-refractivity contribution in [1.82, 2.24) is 0 Å². The monoisotopic (exact) mass is 1190 g/mol. The summed E-state index contributed by atoms with van der Waals surface area (Å²) in [5, 5.41) is 9.88. The maximum Gasteiger partial charge on any atom is 0.472 e. The summed E-state index contributed by atoms with van der Waals surface area (Å²) in [4.78, 5) is 48.9. The van der Waals surface area contributed by atoms with Crippen molar-refractivity contribution in [3.8, 4) is 0 Å². The Labute approximate surface area is 513 Å². The Morgan fingerprint density at radius 1 is 0.345 bits per heavy atom. The van der Waals surface area contributed by atoms with Crippen molar-refractivity contribution in [1.29, 1.82) is 0 Å². The van der Waals surface area contributed by atoms with Gasteiger partial charge in [-0.25, -0.2) is 4.57 Å². The standard InChI is InChI=1S/C72H121O11P/c1-4-7-10-13-16-19-22-25-28-31-34-37-40-43-46-49-52-55-58-61-70(74)79-65-69(83-72(76)63-60-57-54-51-48-45-42-39-36-33-30-27-24-21-18-15-12-9-6-3)67-81-84(77,78)80-66-68(64-73)82-71(75)62-59-56-53-50-47-44-41-38-35-32-29-26-23-20-17-14-11-8-5-2/h7,10,16-21,25-30,34,36-37,39,43,46,68-69,73H,4-6,8-9,11-15,22-24,31-33,35,38,40-42,44-45,47-67H2,1-3H3,(H,77,78)/b10-7-,19-16-,20-17-,21-18-,28-25-,29-26-,30-27-,37-34-,39-36-,46-43-. The third-order valence-corrected chi connectivity index (χ3v) is 14.8. The highest BCUT2D eigenvalue weighted by Gasteiger charge is 2.28. The van der Waals surface area contributed by atoms with Crippen LogP contribution in [-0.4, -0.2) is 66.5 Å². The van der Waals surface area contributed by atoms with Gasteiger partial charge in [-0.15, -0.1) is 0 Å². The first-order chi connectivity index (χ1) is 41.2. The van der Waals surface area contributed by atoms with Crippen molar-refractivity contribution in [3.05, 3.63) is 122 Å². The maximum atomic E-state index is 13.0. The number of unbranched alkanes of at least 4 members (excludes halogenated alkanes) is 24. The lowest BCUT2D eigenvalue weighted by Gasteiger charge is -2.21. The molecule has 0 fully saturated rings. The average molecular weight is 1190 g/mol. The molecule has 0 saturated carbocycles. The Kier molecular flexibility index (Phi) is 61.7. The molecule has 0 heterocycles. The molecule has 0 aromatic rings. The van der Waals surface area contributed by atoms with E-state index in [9.17, 15) is 28.9 Å². The molecule has 0 amide bonds. The van der Waals surface area contributed by atoms with E-state index in [0.29, 0.717) is 19.3 Å². The van der Waals surface area contributed by atoms with Crippen molar-refractivity contribution in [3.63, 3.8) is 0 Å². The zero-order valence-corrected chi connectivity index (χ0v) is 54.2. The highest BCUT2D eigenvalue weighted by Crippen LogP contribution is 2.43. The number of phosphoric ester groups is 1. The first kappa shape index (κ1) is 79.9. The number of allylic oxidation sites excluding steroid dienone is 20. The Bertz CT molecular complexity index is 1870. The summed E-state index contributed by atoms with van der Waals surface area (Å²) in [6.07, 6.45) is 81.4. The van der Waals surface area contributed by atoms with Gasteiger partial charge in [0.15, 0.2) is 6.10 Å². The van der Waals surface area contributed by atoms with Crippen LogP contribution >= 0.6 is 7.82 Å². The second-order valence-corrected chi connectivity index (χ2v) is 23.3. The van der Waals surface area contributed by atoms with Gasteiger partial charge in [-0.3, -0.25) is 23.4 Å². The minimum Gasteiger partial charge on any atom is -0.462 e. The summed E-state index contributed by atoms with van der Waals surface area (Å²) in [6, 6.07) is 0. The molecular formula is C72H121O11P. The van der Waals surface area contributed by atoms with E-state index < -0.39 is 57.8 Å². The maximum absolute atomic E-state index is 13.0. The lowest BCUT2D eigenvalue weighted by atomic mass is 10.1. The molecule has 0 rings (SSSR count). The fraction of sp³-hybridized carbons (Fsp3) is 0.681. The lowest BCUT2D eigenvalue weighted by Crippen LogP contribution is -2.30. The summed E-state index contributed by atoms with van der Waals surface area (Å²) >= 11 is 0. The van der Waals surface area contributed by atoms with Crippen molar-refractivity contribution in [2.45, 2.75) is 290 Å². The fourth-order valence-electron chi connectivity index (χ4n) is 8.77. The molecule has 0 bridgehead atoms. The van der Waals surface area contributed by atoms with Gasteiger partial charge in [-0.2, -0.15) is 0 Å². The zero-order valence-electron chi connectivity index (χ0n) is 53.3. The molecule has 480 valence electrons. The number of rotatable bonds is 61. The molecule has 3 atom stereocenters. The molecule has 0 aliphatic heterocycles. The van der Waals surface area contributed by atoms with E-state index in [-0.39, 0.29) is 25.9 Å². The van der Waals surface area contributed by atoms with Gasteiger partial charge in [0.2, 0.25) is 0 Å². The number of ether oxygens (including phenoxy) is 3. The molecular weight excluding hydrogens is 1070 g/mol. The third kappa shape index (κ3) is 62.4. The number of aliphatic hydroxyl groups excluding tert-OH is 1. The van der Waals surface area contributed by atoms with Crippen LogP contribution in [0.4, 0.5) is 0 Å². The van der Waals surface area contributed by atoms with Crippen LogP contribution in [0.5, 0.6) is 0 Å². The van der Waals surface area contributed by atoms with Crippen molar-refractivity contribution >= 4 is 25.7 Å². The van der Waals surface area contributed by atoms with Crippen molar-refractivity contribution in [2.75, 3.05) is 26.4 Å². The predicted molar refractivity (Wildman–Crippen MR) is 353 cm³/mol. The largest absolute Gasteiger partial charge is 0.472 e. The third-order valence-electron chi connectivity index (χ3n) is 13.8.